The van der Waals surface area contributed by atoms with E-state index in [4.69, 9.17) is 9.84 Å². The minimum atomic E-state index is -3.70. The van der Waals surface area contributed by atoms with Crippen LogP contribution in [0.1, 0.15) is 18.4 Å². The lowest BCUT2D eigenvalue weighted by molar-refractivity contribution is -0.138. The topological polar surface area (TPSA) is 80.7 Å². The highest BCUT2D eigenvalue weighted by atomic mass is 32.2. The van der Waals surface area contributed by atoms with Crippen molar-refractivity contribution in [3.8, 4) is 11.5 Å². The molecule has 1 N–H and O–H groups in total. The number of fused-ring (bicyclic) bond motifs is 2. The van der Waals surface area contributed by atoms with E-state index in [0.29, 0.717) is 5.56 Å². The summed E-state index contributed by atoms with van der Waals surface area (Å²) in [6.45, 7) is 1.51. The SMILES string of the molecule is CC(C(=O)O)c1ccc2c(c1)S(=O)(=O)c1ccccc1O2. The maximum atomic E-state index is 12.6. The van der Waals surface area contributed by atoms with Gasteiger partial charge in [-0.3, -0.25) is 4.79 Å². The van der Waals surface area contributed by atoms with E-state index < -0.39 is 21.7 Å². The summed E-state index contributed by atoms with van der Waals surface area (Å²) in [5.41, 5.74) is 0.424. The molecule has 2 aromatic carbocycles. The molecule has 0 radical (unpaired) electrons. The number of hydrogen-bond acceptors (Lipinski definition) is 4. The number of rotatable bonds is 2. The predicted octanol–water partition coefficient (Wildman–Crippen LogP) is 2.81. The Hall–Kier alpha value is -2.34. The number of para-hydroxylation sites is 1. The number of hydrogen-bond donors (Lipinski definition) is 1. The largest absolute Gasteiger partial charge is 0.481 e. The fraction of sp³-hybridized carbons (Fsp3) is 0.133. The second-order valence-electron chi connectivity index (χ2n) is 4.82. The number of carboxylic acid groups (broad SMARTS) is 1. The minimum Gasteiger partial charge on any atom is -0.481 e. The number of aliphatic carboxylic acids is 1. The summed E-state index contributed by atoms with van der Waals surface area (Å²) >= 11 is 0. The van der Waals surface area contributed by atoms with Gasteiger partial charge in [-0.25, -0.2) is 8.42 Å². The standard InChI is InChI=1S/C15H12O5S/c1-9(15(16)17)10-6-7-12-14(8-10)21(18,19)13-5-3-2-4-11(13)20-12/h2-9H,1H3,(H,16,17). The van der Waals surface area contributed by atoms with Crippen molar-refractivity contribution in [1.82, 2.24) is 0 Å². The molecule has 0 aliphatic carbocycles. The van der Waals surface area contributed by atoms with E-state index in [1.54, 1.807) is 24.3 Å². The van der Waals surface area contributed by atoms with Crippen molar-refractivity contribution < 1.29 is 23.1 Å². The van der Waals surface area contributed by atoms with Crippen LogP contribution in [0.2, 0.25) is 0 Å². The third-order valence-corrected chi connectivity index (χ3v) is 5.30. The molecule has 2 aromatic rings. The lowest BCUT2D eigenvalue weighted by atomic mass is 10.0. The summed E-state index contributed by atoms with van der Waals surface area (Å²) < 4.78 is 30.8. The number of benzene rings is 2. The number of carbonyl (C=O) groups is 1. The van der Waals surface area contributed by atoms with Gasteiger partial charge in [0.05, 0.1) is 5.92 Å². The van der Waals surface area contributed by atoms with Gasteiger partial charge in [-0.05, 0) is 36.8 Å². The van der Waals surface area contributed by atoms with Crippen molar-refractivity contribution >= 4 is 15.8 Å². The predicted molar refractivity (Wildman–Crippen MR) is 74.5 cm³/mol. The second kappa shape index (κ2) is 4.60. The Bertz CT molecular complexity index is 839. The van der Waals surface area contributed by atoms with Crippen molar-refractivity contribution in [1.29, 1.82) is 0 Å². The van der Waals surface area contributed by atoms with Crippen LogP contribution in [0.3, 0.4) is 0 Å². The molecular weight excluding hydrogens is 292 g/mol. The molecule has 0 spiro atoms. The van der Waals surface area contributed by atoms with Crippen LogP contribution >= 0.6 is 0 Å². The van der Waals surface area contributed by atoms with Crippen LogP contribution in [0.25, 0.3) is 0 Å². The Labute approximate surface area is 121 Å². The molecule has 1 unspecified atom stereocenters. The van der Waals surface area contributed by atoms with Crippen molar-refractivity contribution in [3.63, 3.8) is 0 Å². The monoisotopic (exact) mass is 304 g/mol. The Kier molecular flexibility index (Phi) is 2.98. The summed E-state index contributed by atoms with van der Waals surface area (Å²) in [6.07, 6.45) is 0. The van der Waals surface area contributed by atoms with E-state index in [1.807, 2.05) is 0 Å². The zero-order chi connectivity index (χ0) is 15.2. The molecule has 5 nitrogen and oxygen atoms in total. The van der Waals surface area contributed by atoms with Gasteiger partial charge in [0.25, 0.3) is 0 Å². The minimum absolute atomic E-state index is 0.00630. The van der Waals surface area contributed by atoms with Crippen LogP contribution < -0.4 is 4.74 Å². The van der Waals surface area contributed by atoms with Crippen molar-refractivity contribution in [2.45, 2.75) is 22.6 Å². The highest BCUT2D eigenvalue weighted by Gasteiger charge is 2.32. The van der Waals surface area contributed by atoms with E-state index in [2.05, 4.69) is 0 Å². The van der Waals surface area contributed by atoms with Gasteiger partial charge in [0, 0.05) is 0 Å². The summed E-state index contributed by atoms with van der Waals surface area (Å²) in [6, 6.07) is 10.8. The van der Waals surface area contributed by atoms with Crippen LogP contribution in [0.5, 0.6) is 11.5 Å². The number of sulfone groups is 1. The maximum absolute atomic E-state index is 12.6. The molecule has 1 aliphatic rings. The van der Waals surface area contributed by atoms with Crippen LogP contribution in [0.15, 0.2) is 52.3 Å². The summed E-state index contributed by atoms with van der Waals surface area (Å²) in [7, 11) is -3.70. The van der Waals surface area contributed by atoms with Gasteiger partial charge in [-0.15, -0.1) is 0 Å². The number of ether oxygens (including phenoxy) is 1. The Balaban J connectivity index is 2.19. The van der Waals surface area contributed by atoms with Gasteiger partial charge in [-0.2, -0.15) is 0 Å². The first kappa shape index (κ1) is 13.6. The van der Waals surface area contributed by atoms with E-state index in [0.717, 1.165) is 0 Å². The first-order valence-electron chi connectivity index (χ1n) is 6.30. The average molecular weight is 304 g/mol. The van der Waals surface area contributed by atoms with Crippen molar-refractivity contribution in [2.24, 2.45) is 0 Å². The molecule has 6 heteroatoms. The Morgan fingerprint density at radius 1 is 1.10 bits per heavy atom. The summed E-state index contributed by atoms with van der Waals surface area (Å²) in [5.74, 6) is -1.30. The van der Waals surface area contributed by atoms with Gasteiger partial charge in [0.15, 0.2) is 0 Å². The normalized spacial score (nSPS) is 16.2. The lowest BCUT2D eigenvalue weighted by Crippen LogP contribution is -2.13. The van der Waals surface area contributed by atoms with Crippen molar-refractivity contribution in [2.75, 3.05) is 0 Å². The smallest absolute Gasteiger partial charge is 0.310 e. The molecule has 1 aliphatic heterocycles. The first-order valence-corrected chi connectivity index (χ1v) is 7.78. The molecular formula is C15H12O5S. The molecule has 1 atom stereocenters. The van der Waals surface area contributed by atoms with Crippen LogP contribution in [0.4, 0.5) is 0 Å². The fourth-order valence-electron chi connectivity index (χ4n) is 2.22. The molecule has 0 aromatic heterocycles. The highest BCUT2D eigenvalue weighted by molar-refractivity contribution is 7.91. The molecule has 0 amide bonds. The van der Waals surface area contributed by atoms with E-state index in [9.17, 15) is 13.2 Å². The maximum Gasteiger partial charge on any atom is 0.310 e. The van der Waals surface area contributed by atoms with E-state index in [-0.39, 0.29) is 21.3 Å². The first-order chi connectivity index (χ1) is 9.91. The molecule has 0 fully saturated rings. The lowest BCUT2D eigenvalue weighted by Gasteiger charge is -2.21. The molecule has 0 bridgehead atoms. The zero-order valence-corrected chi connectivity index (χ0v) is 11.9. The third-order valence-electron chi connectivity index (χ3n) is 3.49. The van der Waals surface area contributed by atoms with E-state index >= 15 is 0 Å². The Morgan fingerprint density at radius 2 is 1.76 bits per heavy atom. The van der Waals surface area contributed by atoms with Crippen LogP contribution in [0, 0.1) is 0 Å². The summed E-state index contributed by atoms with van der Waals surface area (Å²) in [5, 5.41) is 9.05. The van der Waals surface area contributed by atoms with Gasteiger partial charge < -0.3 is 9.84 Å². The molecule has 0 saturated heterocycles. The third kappa shape index (κ3) is 2.08. The van der Waals surface area contributed by atoms with Crippen LogP contribution in [-0.2, 0) is 14.6 Å². The molecule has 3 rings (SSSR count). The highest BCUT2D eigenvalue weighted by Crippen LogP contribution is 2.43. The van der Waals surface area contributed by atoms with Gasteiger partial charge >= 0.3 is 5.97 Å². The van der Waals surface area contributed by atoms with Gasteiger partial charge in [0.2, 0.25) is 9.84 Å². The Morgan fingerprint density at radius 3 is 2.48 bits per heavy atom. The molecule has 0 saturated carbocycles. The molecule has 1 heterocycles. The molecule has 108 valence electrons. The van der Waals surface area contributed by atoms with Gasteiger partial charge in [0.1, 0.15) is 21.3 Å². The summed E-state index contributed by atoms with van der Waals surface area (Å²) in [4.78, 5) is 11.1. The zero-order valence-electron chi connectivity index (χ0n) is 11.1. The molecule has 21 heavy (non-hydrogen) atoms. The van der Waals surface area contributed by atoms with Gasteiger partial charge in [-0.1, -0.05) is 18.2 Å². The van der Waals surface area contributed by atoms with E-state index in [1.165, 1.54) is 25.1 Å². The van der Waals surface area contributed by atoms with Crippen LogP contribution in [-0.4, -0.2) is 19.5 Å². The average Bonchev–Trinajstić information content (AvgIpc) is 2.46. The second-order valence-corrected chi connectivity index (χ2v) is 6.70. The quantitative estimate of drug-likeness (QED) is 0.787. The fourth-order valence-corrected chi connectivity index (χ4v) is 3.76. The van der Waals surface area contributed by atoms with Crippen molar-refractivity contribution in [3.05, 3.63) is 48.0 Å². The number of carboxylic acids is 1.